The standard InChI is InChI=1S/C16H20BrN3S/c1-4-11-7-6-8-12(9-11)19-16(18)20(3)14-10-13(5-2)21-15(14)17/h6-10H,4-5H2,1-3H3,(H2,18,19). The van der Waals surface area contributed by atoms with Gasteiger partial charge in [-0.05, 0) is 52.5 Å². The Kier molecular flexibility index (Phi) is 5.42. The van der Waals surface area contributed by atoms with Crippen molar-refractivity contribution in [3.63, 3.8) is 0 Å². The number of rotatable bonds is 4. The molecule has 0 aliphatic heterocycles. The van der Waals surface area contributed by atoms with Crippen molar-refractivity contribution in [1.82, 2.24) is 0 Å². The van der Waals surface area contributed by atoms with Crippen molar-refractivity contribution in [2.45, 2.75) is 26.7 Å². The van der Waals surface area contributed by atoms with Gasteiger partial charge in [-0.3, -0.25) is 5.41 Å². The van der Waals surface area contributed by atoms with Crippen molar-refractivity contribution < 1.29 is 0 Å². The van der Waals surface area contributed by atoms with Crippen LogP contribution < -0.4 is 10.2 Å². The third-order valence-corrected chi connectivity index (χ3v) is 5.31. The van der Waals surface area contributed by atoms with Crippen LogP contribution in [0.4, 0.5) is 11.4 Å². The van der Waals surface area contributed by atoms with Crippen LogP contribution in [-0.2, 0) is 12.8 Å². The first-order chi connectivity index (χ1) is 10.0. The Morgan fingerprint density at radius 3 is 2.67 bits per heavy atom. The topological polar surface area (TPSA) is 39.1 Å². The van der Waals surface area contributed by atoms with Crippen LogP contribution in [0, 0.1) is 5.41 Å². The van der Waals surface area contributed by atoms with Crippen LogP contribution >= 0.6 is 27.3 Å². The number of aryl methyl sites for hydroxylation is 2. The van der Waals surface area contributed by atoms with E-state index >= 15 is 0 Å². The van der Waals surface area contributed by atoms with Gasteiger partial charge >= 0.3 is 0 Å². The lowest BCUT2D eigenvalue weighted by Crippen LogP contribution is -2.31. The fourth-order valence-corrected chi connectivity index (χ4v) is 3.87. The van der Waals surface area contributed by atoms with Crippen molar-refractivity contribution in [3.8, 4) is 0 Å². The third-order valence-electron chi connectivity index (χ3n) is 3.36. The highest BCUT2D eigenvalue weighted by atomic mass is 79.9. The van der Waals surface area contributed by atoms with E-state index in [4.69, 9.17) is 5.41 Å². The predicted molar refractivity (Wildman–Crippen MR) is 97.0 cm³/mol. The minimum absolute atomic E-state index is 0.365. The van der Waals surface area contributed by atoms with Crippen LogP contribution in [-0.4, -0.2) is 13.0 Å². The molecular weight excluding hydrogens is 346 g/mol. The van der Waals surface area contributed by atoms with Crippen LogP contribution in [0.1, 0.15) is 24.3 Å². The molecule has 0 spiro atoms. The molecule has 0 unspecified atom stereocenters. The van der Waals surface area contributed by atoms with Crippen LogP contribution in [0.2, 0.25) is 0 Å². The Balaban J connectivity index is 2.13. The highest BCUT2D eigenvalue weighted by Gasteiger charge is 2.14. The van der Waals surface area contributed by atoms with Gasteiger partial charge in [0.15, 0.2) is 5.96 Å². The molecule has 5 heteroatoms. The second-order valence-electron chi connectivity index (χ2n) is 4.81. The average Bonchev–Trinajstić information content (AvgIpc) is 2.87. The van der Waals surface area contributed by atoms with Crippen LogP contribution in [0.5, 0.6) is 0 Å². The van der Waals surface area contributed by atoms with E-state index in [1.807, 2.05) is 24.1 Å². The second kappa shape index (κ2) is 7.09. The number of hydrogen-bond donors (Lipinski definition) is 2. The largest absolute Gasteiger partial charge is 0.326 e. The summed E-state index contributed by atoms with van der Waals surface area (Å²) < 4.78 is 1.07. The molecule has 2 rings (SSSR count). The first-order valence-electron chi connectivity index (χ1n) is 7.01. The predicted octanol–water partition coefficient (Wildman–Crippen LogP) is 5.12. The van der Waals surface area contributed by atoms with Gasteiger partial charge in [-0.15, -0.1) is 11.3 Å². The summed E-state index contributed by atoms with van der Waals surface area (Å²) in [5.74, 6) is 0.365. The molecule has 112 valence electrons. The zero-order valence-electron chi connectivity index (χ0n) is 12.5. The molecule has 3 nitrogen and oxygen atoms in total. The molecule has 0 aliphatic carbocycles. The molecule has 0 radical (unpaired) electrons. The highest BCUT2D eigenvalue weighted by Crippen LogP contribution is 2.35. The molecule has 1 heterocycles. The number of halogens is 1. The molecule has 0 atom stereocenters. The van der Waals surface area contributed by atoms with E-state index in [1.165, 1.54) is 10.4 Å². The molecule has 0 saturated carbocycles. The van der Waals surface area contributed by atoms with Gasteiger partial charge in [-0.2, -0.15) is 0 Å². The number of hydrogen-bond acceptors (Lipinski definition) is 2. The number of thiophene rings is 1. The van der Waals surface area contributed by atoms with Gasteiger partial charge in [-0.1, -0.05) is 26.0 Å². The Morgan fingerprint density at radius 2 is 2.05 bits per heavy atom. The summed E-state index contributed by atoms with van der Waals surface area (Å²) in [5.41, 5.74) is 3.25. The number of nitrogens with one attached hydrogen (secondary N) is 2. The van der Waals surface area contributed by atoms with Crippen molar-refractivity contribution in [3.05, 3.63) is 44.6 Å². The summed E-state index contributed by atoms with van der Waals surface area (Å²) in [7, 11) is 1.91. The van der Waals surface area contributed by atoms with Crippen LogP contribution in [0.3, 0.4) is 0 Å². The number of nitrogens with zero attached hydrogens (tertiary/aromatic N) is 1. The van der Waals surface area contributed by atoms with E-state index < -0.39 is 0 Å². The first kappa shape index (κ1) is 16.0. The molecular formula is C16H20BrN3S. The van der Waals surface area contributed by atoms with Gasteiger partial charge in [0.25, 0.3) is 0 Å². The molecule has 1 aromatic heterocycles. The number of anilines is 2. The Morgan fingerprint density at radius 1 is 1.29 bits per heavy atom. The first-order valence-corrected chi connectivity index (χ1v) is 8.62. The van der Waals surface area contributed by atoms with Crippen LogP contribution in [0.25, 0.3) is 0 Å². The van der Waals surface area contributed by atoms with Crippen molar-refractivity contribution in [1.29, 1.82) is 5.41 Å². The molecule has 0 bridgehead atoms. The zero-order chi connectivity index (χ0) is 15.4. The molecule has 2 aromatic rings. The van der Waals surface area contributed by atoms with Crippen LogP contribution in [0.15, 0.2) is 34.1 Å². The van der Waals surface area contributed by atoms with E-state index in [0.29, 0.717) is 5.96 Å². The van der Waals surface area contributed by atoms with Crippen molar-refractivity contribution in [2.75, 3.05) is 17.3 Å². The lowest BCUT2D eigenvalue weighted by Gasteiger charge is -2.20. The van der Waals surface area contributed by atoms with Gasteiger partial charge < -0.3 is 10.2 Å². The minimum Gasteiger partial charge on any atom is -0.326 e. The smallest absolute Gasteiger partial charge is 0.199 e. The van der Waals surface area contributed by atoms with Gasteiger partial charge in [0, 0.05) is 17.6 Å². The van der Waals surface area contributed by atoms with E-state index in [-0.39, 0.29) is 0 Å². The Labute approximate surface area is 138 Å². The fraction of sp³-hybridized carbons (Fsp3) is 0.312. The summed E-state index contributed by atoms with van der Waals surface area (Å²) in [5, 5.41) is 11.4. The molecule has 0 saturated heterocycles. The third kappa shape index (κ3) is 3.86. The lowest BCUT2D eigenvalue weighted by molar-refractivity contribution is 1.14. The van der Waals surface area contributed by atoms with Gasteiger partial charge in [0.05, 0.1) is 9.47 Å². The average molecular weight is 366 g/mol. The fourth-order valence-electron chi connectivity index (χ4n) is 2.02. The monoisotopic (exact) mass is 365 g/mol. The van der Waals surface area contributed by atoms with E-state index in [2.05, 4.69) is 53.3 Å². The van der Waals surface area contributed by atoms with Gasteiger partial charge in [-0.25, -0.2) is 0 Å². The minimum atomic E-state index is 0.365. The van der Waals surface area contributed by atoms with Crippen molar-refractivity contribution in [2.24, 2.45) is 0 Å². The lowest BCUT2D eigenvalue weighted by atomic mass is 10.1. The Bertz CT molecular complexity index is 636. The van der Waals surface area contributed by atoms with Crippen molar-refractivity contribution >= 4 is 44.6 Å². The SMILES string of the molecule is CCc1cccc(NC(=N)N(C)c2cc(CC)sc2Br)c1. The molecule has 0 amide bonds. The van der Waals surface area contributed by atoms with E-state index in [9.17, 15) is 0 Å². The van der Waals surface area contributed by atoms with E-state index in [0.717, 1.165) is 28.0 Å². The molecule has 0 fully saturated rings. The Hall–Kier alpha value is -1.33. The summed E-state index contributed by atoms with van der Waals surface area (Å²) in [6, 6.07) is 10.3. The van der Waals surface area contributed by atoms with E-state index in [1.54, 1.807) is 11.3 Å². The number of guanidine groups is 1. The molecule has 2 N–H and O–H groups in total. The summed E-state index contributed by atoms with van der Waals surface area (Å²) in [6.45, 7) is 4.27. The maximum absolute atomic E-state index is 8.26. The maximum Gasteiger partial charge on any atom is 0.199 e. The molecule has 0 aliphatic rings. The van der Waals surface area contributed by atoms with Gasteiger partial charge in [0.2, 0.25) is 0 Å². The summed E-state index contributed by atoms with van der Waals surface area (Å²) in [6.07, 6.45) is 2.01. The molecule has 1 aromatic carbocycles. The number of benzene rings is 1. The second-order valence-corrected chi connectivity index (χ2v) is 7.27. The maximum atomic E-state index is 8.26. The summed E-state index contributed by atoms with van der Waals surface area (Å²) in [4.78, 5) is 3.17. The summed E-state index contributed by atoms with van der Waals surface area (Å²) >= 11 is 5.31. The van der Waals surface area contributed by atoms with Gasteiger partial charge in [0.1, 0.15) is 0 Å². The quantitative estimate of drug-likeness (QED) is 0.582. The zero-order valence-corrected chi connectivity index (χ0v) is 14.9. The molecule has 21 heavy (non-hydrogen) atoms. The normalized spacial score (nSPS) is 10.5. The highest BCUT2D eigenvalue weighted by molar-refractivity contribution is 9.11.